The summed E-state index contributed by atoms with van der Waals surface area (Å²) in [7, 11) is -6.13. The van der Waals surface area contributed by atoms with Crippen LogP contribution in [0.1, 0.15) is 0 Å². The zero-order valence-corrected chi connectivity index (χ0v) is 13.8. The van der Waals surface area contributed by atoms with Crippen molar-refractivity contribution in [3.8, 4) is 0 Å². The van der Waals surface area contributed by atoms with E-state index in [-0.39, 0.29) is 17.1 Å². The Kier molecular flexibility index (Phi) is 36.3. The number of nitrogens with two attached hydrogens (primary N) is 2. The first kappa shape index (κ1) is 33.3. The van der Waals surface area contributed by atoms with E-state index >= 15 is 0 Å². The maximum absolute atomic E-state index is 8.49. The van der Waals surface area contributed by atoms with E-state index in [1.54, 1.807) is 0 Å². The van der Waals surface area contributed by atoms with Gasteiger partial charge >= 0.3 is 17.1 Å². The Morgan fingerprint density at radius 1 is 0.667 bits per heavy atom. The molecule has 0 fully saturated rings. The fraction of sp³-hybridized carbons (Fsp3) is 1.00. The number of halogens is 2. The molecule has 137 valence electrons. The van der Waals surface area contributed by atoms with E-state index in [0.717, 1.165) is 26.2 Å². The van der Waals surface area contributed by atoms with Crippen molar-refractivity contribution >= 4 is 0 Å². The van der Waals surface area contributed by atoms with Crippen LogP contribution in [0.3, 0.4) is 0 Å². The molecule has 1 radical (unpaired) electrons. The maximum atomic E-state index is 8.49. The Labute approximate surface area is 137 Å². The van der Waals surface area contributed by atoms with E-state index < -0.39 is 20.5 Å². The Morgan fingerprint density at radius 2 is 0.810 bits per heavy atom. The van der Waals surface area contributed by atoms with Crippen LogP contribution < -0.4 is 59.4 Å². The molecule has 0 saturated carbocycles. The van der Waals surface area contributed by atoms with E-state index in [1.165, 1.54) is 0 Å². The summed E-state index contributed by atoms with van der Waals surface area (Å²) in [6.07, 6.45) is 0. The fourth-order valence-electron chi connectivity index (χ4n) is 0.289. The van der Waals surface area contributed by atoms with Crippen LogP contribution in [-0.4, -0.2) is 40.3 Å². The van der Waals surface area contributed by atoms with Gasteiger partial charge in [-0.05, 0) is 14.1 Å². The quantitative estimate of drug-likeness (QED) is 0.314. The van der Waals surface area contributed by atoms with Crippen molar-refractivity contribution in [3.05, 3.63) is 0 Å². The number of likely N-dealkylation sites (N-methyl/N-ethyl adjacent to an activating group) is 2. The van der Waals surface area contributed by atoms with Gasteiger partial charge < -0.3 is 22.1 Å². The summed E-state index contributed by atoms with van der Waals surface area (Å²) >= 11 is 0. The van der Waals surface area contributed by atoms with E-state index in [2.05, 4.69) is 10.6 Å². The van der Waals surface area contributed by atoms with Crippen LogP contribution in [0.5, 0.6) is 0 Å². The summed E-state index contributed by atoms with van der Waals surface area (Å²) in [6.45, 7) is 3.30. The van der Waals surface area contributed by atoms with Crippen LogP contribution in [0.2, 0.25) is 0 Å². The first-order valence-corrected chi connectivity index (χ1v) is 7.23. The molecule has 0 aliphatic heterocycles. The molecule has 0 rings (SSSR count). The van der Waals surface area contributed by atoms with Gasteiger partial charge in [0.15, 0.2) is 0 Å². The van der Waals surface area contributed by atoms with Crippen LogP contribution in [0.25, 0.3) is 0 Å². The van der Waals surface area contributed by atoms with Crippen LogP contribution in [0.15, 0.2) is 0 Å². The molecule has 0 aliphatic rings. The summed E-state index contributed by atoms with van der Waals surface area (Å²) in [5, 5.41) is 5.78. The van der Waals surface area contributed by atoms with Gasteiger partial charge in [0.2, 0.25) is 0 Å². The Balaban J connectivity index is -0.0000000533. The molecule has 0 aromatic rings. The Bertz CT molecular complexity index is 140. The molecule has 0 aliphatic carbocycles. The van der Waals surface area contributed by atoms with Crippen molar-refractivity contribution in [2.24, 2.45) is 11.5 Å². The summed E-state index contributed by atoms with van der Waals surface area (Å²) < 4.78 is 67.9. The number of nitrogens with one attached hydrogen (secondary N) is 2. The minimum absolute atomic E-state index is 0. The number of hydrogen-bond acceptors (Lipinski definition) is 12. The third kappa shape index (κ3) is 335. The minimum Gasteiger partial charge on any atom is -0.329 e. The average molecular weight is 411 g/mol. The Hall–Kier alpha value is 0.619. The van der Waals surface area contributed by atoms with Gasteiger partial charge in [-0.25, -0.2) is 37.3 Å². The minimum atomic E-state index is -4.94. The normalized spacial score (nSPS) is 9.71. The molecule has 15 heteroatoms. The molecule has 0 saturated heterocycles. The van der Waals surface area contributed by atoms with Gasteiger partial charge in [-0.2, -0.15) is 0 Å². The summed E-state index contributed by atoms with van der Waals surface area (Å²) in [5.74, 6) is 0. The van der Waals surface area contributed by atoms with Gasteiger partial charge in [-0.1, -0.05) is 0 Å². The Morgan fingerprint density at radius 3 is 0.810 bits per heavy atom. The topological polar surface area (TPSA) is 261 Å². The molecule has 0 aromatic carbocycles. The smallest absolute Gasteiger partial charge is 0.329 e. The standard InChI is InChI=1S/2C3H10N2.2ClHO4.Cu/c2*1-5-3-2-4;2*2-1(3,4)5;/h2*5H,2-4H2,1H3;2*(H,2,3,4,5);/q;;;;+2/p-2. The van der Waals surface area contributed by atoms with Crippen LogP contribution in [-0.2, 0) is 17.1 Å². The summed E-state index contributed by atoms with van der Waals surface area (Å²) in [4.78, 5) is 0. The SMILES string of the molecule is CNCCN.CNCCN.[Cu+2].[O-][Cl+3]([O-])([O-])[O-].[O-][Cl+3]([O-])([O-])[O-]. The van der Waals surface area contributed by atoms with E-state index in [9.17, 15) is 0 Å². The van der Waals surface area contributed by atoms with Crippen molar-refractivity contribution < 1.29 is 74.8 Å². The van der Waals surface area contributed by atoms with Crippen LogP contribution in [0, 0.1) is 20.5 Å². The van der Waals surface area contributed by atoms with Gasteiger partial charge in [-0.15, -0.1) is 20.5 Å². The second-order valence-corrected chi connectivity index (χ2v) is 4.05. The van der Waals surface area contributed by atoms with Crippen molar-refractivity contribution in [1.82, 2.24) is 10.6 Å². The molecule has 6 N–H and O–H groups in total. The fourth-order valence-corrected chi connectivity index (χ4v) is 0.289. The zero-order chi connectivity index (χ0) is 17.2. The average Bonchev–Trinajstić information content (AvgIpc) is 2.15. The van der Waals surface area contributed by atoms with Crippen molar-refractivity contribution in [2.75, 3.05) is 40.3 Å². The molecule has 0 unspecified atom stereocenters. The largest absolute Gasteiger partial charge is 2.00 e. The van der Waals surface area contributed by atoms with Crippen molar-refractivity contribution in [1.29, 1.82) is 0 Å². The van der Waals surface area contributed by atoms with Crippen molar-refractivity contribution in [2.45, 2.75) is 0 Å². The van der Waals surface area contributed by atoms with Gasteiger partial charge in [0, 0.05) is 26.2 Å². The van der Waals surface area contributed by atoms with E-state index in [4.69, 9.17) is 48.7 Å². The van der Waals surface area contributed by atoms with Crippen molar-refractivity contribution in [3.63, 3.8) is 0 Å². The van der Waals surface area contributed by atoms with Crippen LogP contribution in [0.4, 0.5) is 0 Å². The third-order valence-corrected chi connectivity index (χ3v) is 0.789. The molecule has 0 atom stereocenters. The number of hydrogen-bond donors (Lipinski definition) is 4. The number of rotatable bonds is 4. The molecule has 0 bridgehead atoms. The van der Waals surface area contributed by atoms with Gasteiger partial charge in [-0.3, -0.25) is 0 Å². The molecule has 0 amide bonds. The molecule has 0 aromatic heterocycles. The second kappa shape index (κ2) is 22.9. The first-order valence-electron chi connectivity index (χ1n) is 4.76. The molecule has 21 heavy (non-hydrogen) atoms. The van der Waals surface area contributed by atoms with Gasteiger partial charge in [0.05, 0.1) is 0 Å². The molecule has 0 heterocycles. The van der Waals surface area contributed by atoms with E-state index in [1.807, 2.05) is 14.1 Å². The third-order valence-electron chi connectivity index (χ3n) is 0.789. The van der Waals surface area contributed by atoms with Gasteiger partial charge in [0.1, 0.15) is 0 Å². The predicted octanol–water partition coefficient (Wildman–Crippen LogP) is -11.2. The van der Waals surface area contributed by atoms with Crippen LogP contribution >= 0.6 is 0 Å². The molecular formula is C6H20Cl2CuN4O8. The van der Waals surface area contributed by atoms with E-state index in [0.29, 0.717) is 0 Å². The molecule has 0 spiro atoms. The summed E-state index contributed by atoms with van der Waals surface area (Å²) in [6, 6.07) is 0. The van der Waals surface area contributed by atoms with Gasteiger partial charge in [0.25, 0.3) is 0 Å². The molecule has 12 nitrogen and oxygen atoms in total. The zero-order valence-electron chi connectivity index (χ0n) is 11.3. The second-order valence-electron chi connectivity index (χ2n) is 2.54. The maximum Gasteiger partial charge on any atom is 2.00 e. The summed E-state index contributed by atoms with van der Waals surface area (Å²) in [5.41, 5.74) is 10.2. The first-order chi connectivity index (χ1) is 8.83. The monoisotopic (exact) mass is 409 g/mol. The molecular weight excluding hydrogens is 391 g/mol. The predicted molar refractivity (Wildman–Crippen MR) is 46.0 cm³/mol.